The molecule has 15 heavy (non-hydrogen) atoms. The molecule has 0 aliphatic carbocycles. The van der Waals surface area contributed by atoms with E-state index in [1.165, 1.54) is 0 Å². The molecule has 0 aliphatic heterocycles. The Morgan fingerprint density at radius 1 is 1.47 bits per heavy atom. The quantitative estimate of drug-likeness (QED) is 0.760. The Morgan fingerprint density at radius 3 is 2.73 bits per heavy atom. The number of rotatable bonds is 5. The molecule has 0 aliphatic rings. The highest BCUT2D eigenvalue weighted by Gasteiger charge is 2.03. The molecular formula is C12H18FNO. The lowest BCUT2D eigenvalue weighted by molar-refractivity contribution is 0.288. The Hall–Kier alpha value is -1.09. The van der Waals surface area contributed by atoms with E-state index in [1.54, 1.807) is 0 Å². The fraction of sp³-hybridized carbons (Fsp3) is 0.500. The molecule has 1 unspecified atom stereocenters. The second kappa shape index (κ2) is 5.71. The predicted octanol–water partition coefficient (Wildman–Crippen LogP) is 2.75. The molecule has 84 valence electrons. The SMILES string of the molecule is Cc1cc(C(C)N)ccc1OCCCF. The molecule has 0 fully saturated rings. The minimum atomic E-state index is -0.336. The van der Waals surface area contributed by atoms with Crippen molar-refractivity contribution in [3.8, 4) is 5.75 Å². The Labute approximate surface area is 90.2 Å². The molecule has 0 spiro atoms. The van der Waals surface area contributed by atoms with Crippen LogP contribution in [-0.4, -0.2) is 13.3 Å². The summed E-state index contributed by atoms with van der Waals surface area (Å²) in [6.07, 6.45) is 0.439. The van der Waals surface area contributed by atoms with Gasteiger partial charge in [0.25, 0.3) is 0 Å². The summed E-state index contributed by atoms with van der Waals surface area (Å²) in [5.74, 6) is 0.813. The van der Waals surface area contributed by atoms with Gasteiger partial charge in [-0.2, -0.15) is 0 Å². The molecular weight excluding hydrogens is 193 g/mol. The normalized spacial score (nSPS) is 12.5. The summed E-state index contributed by atoms with van der Waals surface area (Å²) < 4.78 is 17.3. The van der Waals surface area contributed by atoms with Crippen LogP contribution in [0.15, 0.2) is 18.2 Å². The molecule has 3 heteroatoms. The first-order chi connectivity index (χ1) is 7.15. The van der Waals surface area contributed by atoms with Crippen LogP contribution < -0.4 is 10.5 Å². The van der Waals surface area contributed by atoms with Gasteiger partial charge < -0.3 is 10.5 Å². The van der Waals surface area contributed by atoms with E-state index >= 15 is 0 Å². The fourth-order valence-electron chi connectivity index (χ4n) is 1.35. The van der Waals surface area contributed by atoms with Gasteiger partial charge in [-0.05, 0) is 31.0 Å². The van der Waals surface area contributed by atoms with Crippen molar-refractivity contribution in [2.24, 2.45) is 5.73 Å². The van der Waals surface area contributed by atoms with Gasteiger partial charge in [0, 0.05) is 12.5 Å². The second-order valence-corrected chi connectivity index (χ2v) is 3.70. The van der Waals surface area contributed by atoms with Crippen molar-refractivity contribution in [2.75, 3.05) is 13.3 Å². The second-order valence-electron chi connectivity index (χ2n) is 3.70. The van der Waals surface area contributed by atoms with Gasteiger partial charge in [0.15, 0.2) is 0 Å². The number of aryl methyl sites for hydroxylation is 1. The van der Waals surface area contributed by atoms with Gasteiger partial charge >= 0.3 is 0 Å². The zero-order chi connectivity index (χ0) is 11.3. The van der Waals surface area contributed by atoms with Crippen LogP contribution in [0.1, 0.15) is 30.5 Å². The molecule has 0 amide bonds. The summed E-state index contributed by atoms with van der Waals surface area (Å²) in [4.78, 5) is 0. The third-order valence-corrected chi connectivity index (χ3v) is 2.26. The lowest BCUT2D eigenvalue weighted by Crippen LogP contribution is -2.06. The molecule has 1 rings (SSSR count). The Bertz CT molecular complexity index is 312. The summed E-state index contributed by atoms with van der Waals surface area (Å²) in [5, 5.41) is 0. The third-order valence-electron chi connectivity index (χ3n) is 2.26. The lowest BCUT2D eigenvalue weighted by atomic mass is 10.1. The van der Waals surface area contributed by atoms with Gasteiger partial charge in [0.1, 0.15) is 5.75 Å². The van der Waals surface area contributed by atoms with E-state index in [-0.39, 0.29) is 12.7 Å². The molecule has 2 N–H and O–H groups in total. The van der Waals surface area contributed by atoms with Gasteiger partial charge in [-0.3, -0.25) is 4.39 Å². The van der Waals surface area contributed by atoms with Gasteiger partial charge in [0.2, 0.25) is 0 Å². The van der Waals surface area contributed by atoms with Crippen LogP contribution in [0.2, 0.25) is 0 Å². The van der Waals surface area contributed by atoms with E-state index in [4.69, 9.17) is 10.5 Å². The smallest absolute Gasteiger partial charge is 0.122 e. The van der Waals surface area contributed by atoms with Crippen LogP contribution in [0, 0.1) is 6.92 Å². The Balaban J connectivity index is 2.66. The minimum absolute atomic E-state index is 0.0311. The Morgan fingerprint density at radius 2 is 2.20 bits per heavy atom. The minimum Gasteiger partial charge on any atom is -0.493 e. The van der Waals surface area contributed by atoms with Crippen molar-refractivity contribution in [2.45, 2.75) is 26.3 Å². The number of alkyl halides is 1. The van der Waals surface area contributed by atoms with Crippen LogP contribution >= 0.6 is 0 Å². The van der Waals surface area contributed by atoms with Crippen LogP contribution in [0.25, 0.3) is 0 Å². The predicted molar refractivity (Wildman–Crippen MR) is 59.9 cm³/mol. The van der Waals surface area contributed by atoms with E-state index in [1.807, 2.05) is 32.0 Å². The molecule has 0 bridgehead atoms. The van der Waals surface area contributed by atoms with Gasteiger partial charge in [-0.25, -0.2) is 0 Å². The van der Waals surface area contributed by atoms with Gasteiger partial charge in [-0.1, -0.05) is 12.1 Å². The summed E-state index contributed by atoms with van der Waals surface area (Å²) in [6, 6.07) is 5.88. The molecule has 1 atom stereocenters. The maximum absolute atomic E-state index is 11.9. The number of hydrogen-bond acceptors (Lipinski definition) is 2. The Kier molecular flexibility index (Phi) is 4.56. The standard InChI is InChI=1S/C12H18FNO/c1-9-8-11(10(2)14)4-5-12(9)15-7-3-6-13/h4-5,8,10H,3,6-7,14H2,1-2H3. The highest BCUT2D eigenvalue weighted by Crippen LogP contribution is 2.21. The summed E-state index contributed by atoms with van der Waals surface area (Å²) in [7, 11) is 0. The molecule has 0 saturated carbocycles. The van der Waals surface area contributed by atoms with Gasteiger partial charge in [0.05, 0.1) is 13.3 Å². The molecule has 0 radical (unpaired) electrons. The molecule has 0 saturated heterocycles. The number of hydrogen-bond donors (Lipinski definition) is 1. The highest BCUT2D eigenvalue weighted by molar-refractivity contribution is 5.37. The highest BCUT2D eigenvalue weighted by atomic mass is 19.1. The number of nitrogens with two attached hydrogens (primary N) is 1. The van der Waals surface area contributed by atoms with Crippen molar-refractivity contribution in [1.29, 1.82) is 0 Å². The maximum Gasteiger partial charge on any atom is 0.122 e. The summed E-state index contributed by atoms with van der Waals surface area (Å²) >= 11 is 0. The first kappa shape index (κ1) is 12.0. The van der Waals surface area contributed by atoms with Crippen molar-refractivity contribution >= 4 is 0 Å². The monoisotopic (exact) mass is 211 g/mol. The van der Waals surface area contributed by atoms with E-state index in [0.29, 0.717) is 13.0 Å². The number of halogens is 1. The van der Waals surface area contributed by atoms with Crippen molar-refractivity contribution in [1.82, 2.24) is 0 Å². The van der Waals surface area contributed by atoms with Crippen molar-refractivity contribution in [3.63, 3.8) is 0 Å². The molecule has 1 aromatic carbocycles. The van der Waals surface area contributed by atoms with Crippen molar-refractivity contribution < 1.29 is 9.13 Å². The van der Waals surface area contributed by atoms with Crippen LogP contribution in [0.4, 0.5) is 4.39 Å². The van der Waals surface area contributed by atoms with Crippen LogP contribution in [0.3, 0.4) is 0 Å². The topological polar surface area (TPSA) is 35.2 Å². The van der Waals surface area contributed by atoms with Crippen LogP contribution in [0.5, 0.6) is 5.75 Å². The van der Waals surface area contributed by atoms with Gasteiger partial charge in [-0.15, -0.1) is 0 Å². The van der Waals surface area contributed by atoms with E-state index in [0.717, 1.165) is 16.9 Å². The third kappa shape index (κ3) is 3.51. The zero-order valence-corrected chi connectivity index (χ0v) is 9.29. The average Bonchev–Trinajstić information content (AvgIpc) is 2.20. The van der Waals surface area contributed by atoms with Crippen molar-refractivity contribution in [3.05, 3.63) is 29.3 Å². The number of benzene rings is 1. The molecule has 0 aromatic heterocycles. The largest absolute Gasteiger partial charge is 0.493 e. The van der Waals surface area contributed by atoms with Crippen LogP contribution in [-0.2, 0) is 0 Å². The van der Waals surface area contributed by atoms with E-state index in [2.05, 4.69) is 0 Å². The lowest BCUT2D eigenvalue weighted by Gasteiger charge is -2.11. The molecule has 0 heterocycles. The molecule has 2 nitrogen and oxygen atoms in total. The van der Waals surface area contributed by atoms with E-state index < -0.39 is 0 Å². The summed E-state index contributed by atoms with van der Waals surface area (Å²) in [6.45, 7) is 4.00. The van der Waals surface area contributed by atoms with E-state index in [9.17, 15) is 4.39 Å². The average molecular weight is 211 g/mol. The number of ether oxygens (including phenoxy) is 1. The summed E-state index contributed by atoms with van der Waals surface area (Å²) in [5.41, 5.74) is 7.90. The fourth-order valence-corrected chi connectivity index (χ4v) is 1.35. The first-order valence-corrected chi connectivity index (χ1v) is 5.20. The first-order valence-electron chi connectivity index (χ1n) is 5.20. The maximum atomic E-state index is 11.9. The molecule has 1 aromatic rings. The zero-order valence-electron chi connectivity index (χ0n) is 9.29.